The summed E-state index contributed by atoms with van der Waals surface area (Å²) in [5.74, 6) is -0.622. The third-order valence-electron chi connectivity index (χ3n) is 5.24. The van der Waals surface area contributed by atoms with Crippen molar-refractivity contribution in [1.82, 2.24) is 10.0 Å². The first-order chi connectivity index (χ1) is 12.8. The number of carboxylic acid groups (broad SMARTS) is 1. The maximum absolute atomic E-state index is 12.3. The third kappa shape index (κ3) is 7.60. The number of rotatable bonds is 10. The highest BCUT2D eigenvalue weighted by atomic mass is 32.2. The van der Waals surface area contributed by atoms with Crippen LogP contribution in [0.5, 0.6) is 0 Å². The van der Waals surface area contributed by atoms with Gasteiger partial charge in [-0.3, -0.25) is 4.79 Å². The molecule has 0 bridgehead atoms. The minimum Gasteiger partial charge on any atom is -0.480 e. The highest BCUT2D eigenvalue weighted by Crippen LogP contribution is 2.27. The summed E-state index contributed by atoms with van der Waals surface area (Å²) in [5, 5.41) is 12.4. The van der Waals surface area contributed by atoms with Gasteiger partial charge < -0.3 is 10.4 Å². The molecular formula is C20H32N2O4S. The highest BCUT2D eigenvalue weighted by molar-refractivity contribution is 7.88. The molecule has 3 N–H and O–H groups in total. The Labute approximate surface area is 162 Å². The lowest BCUT2D eigenvalue weighted by molar-refractivity contribution is -0.138. The standard InChI is InChI=1S/C20H32N2O4S/c1-15(12-17-8-4-3-5-9-17)21-13-18-10-6-7-11-19(18)14-27(25,26)22-16(2)20(23)24/h6-7,10-11,15-17,21-22H,3-5,8-9,12-14H2,1-2H3,(H,23,24)/t15?,16-/m1/s1. The molecule has 1 aliphatic rings. The van der Waals surface area contributed by atoms with Crippen molar-refractivity contribution < 1.29 is 18.3 Å². The molecule has 2 rings (SSSR count). The van der Waals surface area contributed by atoms with Crippen LogP contribution in [-0.2, 0) is 27.1 Å². The summed E-state index contributed by atoms with van der Waals surface area (Å²) in [4.78, 5) is 10.9. The lowest BCUT2D eigenvalue weighted by Gasteiger charge is -2.25. The van der Waals surface area contributed by atoms with Crippen molar-refractivity contribution in [3.63, 3.8) is 0 Å². The number of carboxylic acids is 1. The molecule has 1 aliphatic carbocycles. The Morgan fingerprint density at radius 3 is 2.41 bits per heavy atom. The molecule has 0 amide bonds. The molecule has 1 aromatic carbocycles. The van der Waals surface area contributed by atoms with Crippen LogP contribution in [0.1, 0.15) is 63.5 Å². The summed E-state index contributed by atoms with van der Waals surface area (Å²) in [6, 6.07) is 6.64. The Bertz CT molecular complexity index is 714. The fraction of sp³-hybridized carbons (Fsp3) is 0.650. The van der Waals surface area contributed by atoms with Crippen LogP contribution in [0, 0.1) is 5.92 Å². The maximum atomic E-state index is 12.3. The number of hydrogen-bond acceptors (Lipinski definition) is 4. The summed E-state index contributed by atoms with van der Waals surface area (Å²) in [5.41, 5.74) is 1.63. The molecule has 0 heterocycles. The van der Waals surface area contributed by atoms with Crippen molar-refractivity contribution >= 4 is 16.0 Å². The molecule has 6 nitrogen and oxygen atoms in total. The van der Waals surface area contributed by atoms with E-state index >= 15 is 0 Å². The largest absolute Gasteiger partial charge is 0.480 e. The Morgan fingerprint density at radius 2 is 1.78 bits per heavy atom. The Hall–Kier alpha value is -1.44. The number of benzene rings is 1. The van der Waals surface area contributed by atoms with Crippen LogP contribution in [0.2, 0.25) is 0 Å². The normalized spacial score (nSPS) is 18.1. The van der Waals surface area contributed by atoms with Gasteiger partial charge in [-0.05, 0) is 37.3 Å². The van der Waals surface area contributed by atoms with Crippen LogP contribution in [0.25, 0.3) is 0 Å². The van der Waals surface area contributed by atoms with Crippen LogP contribution >= 0.6 is 0 Å². The van der Waals surface area contributed by atoms with Gasteiger partial charge in [0.25, 0.3) is 0 Å². The number of hydrogen-bond donors (Lipinski definition) is 3. The van der Waals surface area contributed by atoms with E-state index in [0.29, 0.717) is 18.2 Å². The van der Waals surface area contributed by atoms with E-state index in [1.807, 2.05) is 12.1 Å². The van der Waals surface area contributed by atoms with E-state index in [1.165, 1.54) is 39.0 Å². The van der Waals surface area contributed by atoms with Crippen molar-refractivity contribution in [2.75, 3.05) is 0 Å². The van der Waals surface area contributed by atoms with Gasteiger partial charge in [0.1, 0.15) is 6.04 Å². The molecule has 152 valence electrons. The summed E-state index contributed by atoms with van der Waals surface area (Å²) in [7, 11) is -3.72. The van der Waals surface area contributed by atoms with E-state index < -0.39 is 22.0 Å². The van der Waals surface area contributed by atoms with Crippen LogP contribution < -0.4 is 10.0 Å². The summed E-state index contributed by atoms with van der Waals surface area (Å²) >= 11 is 0. The predicted octanol–water partition coefficient (Wildman–Crippen LogP) is 3.03. The SMILES string of the molecule is CC(CC1CCCCC1)NCc1ccccc1CS(=O)(=O)N[C@H](C)C(=O)O. The molecule has 0 spiro atoms. The molecule has 1 unspecified atom stereocenters. The van der Waals surface area contributed by atoms with Gasteiger partial charge in [-0.2, -0.15) is 0 Å². The molecule has 0 aliphatic heterocycles. The minimum atomic E-state index is -3.72. The van der Waals surface area contributed by atoms with E-state index in [0.717, 1.165) is 17.9 Å². The van der Waals surface area contributed by atoms with Gasteiger partial charge in [-0.25, -0.2) is 13.1 Å². The molecule has 0 saturated heterocycles. The first-order valence-electron chi connectivity index (χ1n) is 9.80. The van der Waals surface area contributed by atoms with Gasteiger partial charge in [-0.1, -0.05) is 56.4 Å². The summed E-state index contributed by atoms with van der Waals surface area (Å²) < 4.78 is 26.7. The van der Waals surface area contributed by atoms with Gasteiger partial charge in [0.05, 0.1) is 5.75 Å². The van der Waals surface area contributed by atoms with Crippen molar-refractivity contribution in [3.05, 3.63) is 35.4 Å². The lowest BCUT2D eigenvalue weighted by atomic mass is 9.85. The van der Waals surface area contributed by atoms with E-state index in [1.54, 1.807) is 12.1 Å². The molecule has 1 saturated carbocycles. The molecule has 2 atom stereocenters. The van der Waals surface area contributed by atoms with Crippen LogP contribution in [-0.4, -0.2) is 31.6 Å². The molecular weight excluding hydrogens is 364 g/mol. The zero-order chi connectivity index (χ0) is 19.9. The van der Waals surface area contributed by atoms with Gasteiger partial charge in [0.15, 0.2) is 0 Å². The van der Waals surface area contributed by atoms with Gasteiger partial charge in [-0.15, -0.1) is 0 Å². The second kappa shape index (κ2) is 10.2. The van der Waals surface area contributed by atoms with Crippen molar-refractivity contribution in [2.45, 2.75) is 76.8 Å². The third-order valence-corrected chi connectivity index (χ3v) is 6.65. The van der Waals surface area contributed by atoms with Crippen molar-refractivity contribution in [2.24, 2.45) is 5.92 Å². The second-order valence-corrected chi connectivity index (χ2v) is 9.48. The number of nitrogens with one attached hydrogen (secondary N) is 2. The monoisotopic (exact) mass is 396 g/mol. The Morgan fingerprint density at radius 1 is 1.15 bits per heavy atom. The molecule has 1 fully saturated rings. The van der Waals surface area contributed by atoms with E-state index in [4.69, 9.17) is 5.11 Å². The smallest absolute Gasteiger partial charge is 0.321 e. The van der Waals surface area contributed by atoms with Crippen LogP contribution in [0.15, 0.2) is 24.3 Å². The first-order valence-corrected chi connectivity index (χ1v) is 11.4. The van der Waals surface area contributed by atoms with Gasteiger partial charge in [0, 0.05) is 12.6 Å². The minimum absolute atomic E-state index is 0.223. The first kappa shape index (κ1) is 21.9. The van der Waals surface area contributed by atoms with Crippen molar-refractivity contribution in [1.29, 1.82) is 0 Å². The predicted molar refractivity (Wildman–Crippen MR) is 107 cm³/mol. The quantitative estimate of drug-likeness (QED) is 0.565. The molecule has 0 radical (unpaired) electrons. The summed E-state index contributed by atoms with van der Waals surface area (Å²) in [6.07, 6.45) is 7.80. The number of aliphatic carboxylic acids is 1. The van der Waals surface area contributed by atoms with E-state index in [-0.39, 0.29) is 5.75 Å². The fourth-order valence-electron chi connectivity index (χ4n) is 3.73. The number of carbonyl (C=O) groups is 1. The van der Waals surface area contributed by atoms with Crippen molar-refractivity contribution in [3.8, 4) is 0 Å². The molecule has 7 heteroatoms. The average Bonchev–Trinajstić information content (AvgIpc) is 2.61. The lowest BCUT2D eigenvalue weighted by Crippen LogP contribution is -2.39. The number of sulfonamides is 1. The Kier molecular flexibility index (Phi) is 8.26. The zero-order valence-electron chi connectivity index (χ0n) is 16.3. The molecule has 0 aromatic heterocycles. The Balaban J connectivity index is 1.93. The van der Waals surface area contributed by atoms with E-state index in [2.05, 4.69) is 17.0 Å². The fourth-order valence-corrected chi connectivity index (χ4v) is 5.14. The van der Waals surface area contributed by atoms with E-state index in [9.17, 15) is 13.2 Å². The maximum Gasteiger partial charge on any atom is 0.321 e. The second-order valence-electron chi connectivity index (χ2n) is 7.73. The van der Waals surface area contributed by atoms with Gasteiger partial charge >= 0.3 is 5.97 Å². The topological polar surface area (TPSA) is 95.5 Å². The van der Waals surface area contributed by atoms with Gasteiger partial charge in [0.2, 0.25) is 10.0 Å². The molecule has 1 aromatic rings. The average molecular weight is 397 g/mol. The molecule has 27 heavy (non-hydrogen) atoms. The summed E-state index contributed by atoms with van der Waals surface area (Å²) in [6.45, 7) is 4.11. The zero-order valence-corrected chi connectivity index (χ0v) is 17.1. The van der Waals surface area contributed by atoms with Crippen LogP contribution in [0.4, 0.5) is 0 Å². The van der Waals surface area contributed by atoms with Crippen LogP contribution in [0.3, 0.4) is 0 Å². The highest BCUT2D eigenvalue weighted by Gasteiger charge is 2.21.